The van der Waals surface area contributed by atoms with Crippen LogP contribution in [0.2, 0.25) is 0 Å². The third-order valence-corrected chi connectivity index (χ3v) is 6.99. The van der Waals surface area contributed by atoms with Gasteiger partial charge in [-0.15, -0.1) is 0 Å². The van der Waals surface area contributed by atoms with Crippen molar-refractivity contribution >= 4 is 0 Å². The first kappa shape index (κ1) is 24.1. The van der Waals surface area contributed by atoms with E-state index < -0.39 is 5.60 Å². The van der Waals surface area contributed by atoms with Crippen molar-refractivity contribution in [1.82, 2.24) is 9.80 Å². The molecule has 5 nitrogen and oxygen atoms in total. The number of rotatable bonds is 9. The van der Waals surface area contributed by atoms with E-state index >= 15 is 0 Å². The summed E-state index contributed by atoms with van der Waals surface area (Å²) in [6, 6.07) is 16.6. The molecule has 180 valence electrons. The first-order valence-corrected chi connectivity index (χ1v) is 12.7. The molecule has 0 spiro atoms. The van der Waals surface area contributed by atoms with Crippen molar-refractivity contribution in [2.45, 2.75) is 57.6 Å². The van der Waals surface area contributed by atoms with E-state index in [4.69, 9.17) is 9.47 Å². The molecular weight excluding hydrogens is 412 g/mol. The Bertz CT molecular complexity index is 833. The van der Waals surface area contributed by atoms with Crippen LogP contribution in [0, 0.1) is 6.92 Å². The van der Waals surface area contributed by atoms with Gasteiger partial charge in [0.25, 0.3) is 0 Å². The Labute approximate surface area is 199 Å². The van der Waals surface area contributed by atoms with Crippen molar-refractivity contribution in [3.8, 4) is 11.5 Å². The predicted octanol–water partition coefficient (Wildman–Crippen LogP) is 4.66. The summed E-state index contributed by atoms with van der Waals surface area (Å²) >= 11 is 0. The third-order valence-electron chi connectivity index (χ3n) is 6.99. The number of nitrogens with zero attached hydrogens (tertiary/aromatic N) is 2. The molecule has 2 saturated heterocycles. The molecule has 4 rings (SSSR count). The maximum atomic E-state index is 11.1. The standard InChI is InChI=1S/C28H40N2O3/c1-24-6-10-27(11-7-24)33-23-28(31)14-5-18-30(19-15-28)22-25-8-12-26(13-9-25)32-21-20-29-16-3-2-4-17-29/h6-13,31H,2-5,14-23H2,1H3. The van der Waals surface area contributed by atoms with Crippen LogP contribution in [-0.2, 0) is 6.54 Å². The molecule has 0 amide bonds. The molecule has 0 radical (unpaired) electrons. The monoisotopic (exact) mass is 452 g/mol. The average Bonchev–Trinajstić information content (AvgIpc) is 3.02. The molecule has 1 atom stereocenters. The zero-order valence-corrected chi connectivity index (χ0v) is 20.2. The van der Waals surface area contributed by atoms with Crippen LogP contribution in [0.4, 0.5) is 0 Å². The molecule has 0 aliphatic carbocycles. The maximum absolute atomic E-state index is 11.1. The molecule has 2 aliphatic heterocycles. The van der Waals surface area contributed by atoms with Crippen LogP contribution in [-0.4, -0.2) is 66.4 Å². The summed E-state index contributed by atoms with van der Waals surface area (Å²) in [5.41, 5.74) is 1.74. The largest absolute Gasteiger partial charge is 0.492 e. The average molecular weight is 453 g/mol. The van der Waals surface area contributed by atoms with Gasteiger partial charge in [-0.1, -0.05) is 36.2 Å². The van der Waals surface area contributed by atoms with Gasteiger partial charge in [0.2, 0.25) is 0 Å². The predicted molar refractivity (Wildman–Crippen MR) is 133 cm³/mol. The lowest BCUT2D eigenvalue weighted by molar-refractivity contribution is -0.0168. The molecule has 1 unspecified atom stereocenters. The first-order chi connectivity index (χ1) is 16.1. The quantitative estimate of drug-likeness (QED) is 0.600. The molecule has 2 aliphatic rings. The van der Waals surface area contributed by atoms with Crippen molar-refractivity contribution in [1.29, 1.82) is 0 Å². The van der Waals surface area contributed by atoms with Gasteiger partial charge in [-0.3, -0.25) is 9.80 Å². The Hall–Kier alpha value is -2.08. The van der Waals surface area contributed by atoms with E-state index in [9.17, 15) is 5.11 Å². The number of aryl methyl sites for hydroxylation is 1. The summed E-state index contributed by atoms with van der Waals surface area (Å²) in [7, 11) is 0. The minimum Gasteiger partial charge on any atom is -0.492 e. The lowest BCUT2D eigenvalue weighted by Crippen LogP contribution is -2.37. The SMILES string of the molecule is Cc1ccc(OCC2(O)CCCN(Cc3ccc(OCCN4CCCCC4)cc3)CC2)cc1. The molecule has 2 heterocycles. The summed E-state index contributed by atoms with van der Waals surface area (Å²) in [5, 5.41) is 11.1. The van der Waals surface area contributed by atoms with Crippen LogP contribution in [0.3, 0.4) is 0 Å². The second-order valence-corrected chi connectivity index (χ2v) is 9.85. The van der Waals surface area contributed by atoms with Crippen molar-refractivity contribution in [2.24, 2.45) is 0 Å². The highest BCUT2D eigenvalue weighted by molar-refractivity contribution is 5.27. The Morgan fingerprint density at radius 3 is 2.18 bits per heavy atom. The number of piperidine rings is 1. The normalized spacial score (nSPS) is 22.6. The molecular formula is C28H40N2O3. The van der Waals surface area contributed by atoms with Crippen LogP contribution in [0.25, 0.3) is 0 Å². The van der Waals surface area contributed by atoms with Gasteiger partial charge in [-0.2, -0.15) is 0 Å². The van der Waals surface area contributed by atoms with Gasteiger partial charge in [0.1, 0.15) is 24.7 Å². The molecule has 5 heteroatoms. The Morgan fingerprint density at radius 1 is 0.758 bits per heavy atom. The van der Waals surface area contributed by atoms with Crippen molar-refractivity contribution in [3.63, 3.8) is 0 Å². The van der Waals surface area contributed by atoms with E-state index in [1.165, 1.54) is 43.5 Å². The third kappa shape index (κ3) is 7.73. The highest BCUT2D eigenvalue weighted by Crippen LogP contribution is 2.25. The number of hydrogen-bond donors (Lipinski definition) is 1. The zero-order chi connectivity index (χ0) is 22.9. The lowest BCUT2D eigenvalue weighted by atomic mass is 9.96. The molecule has 2 aromatic carbocycles. The summed E-state index contributed by atoms with van der Waals surface area (Å²) in [4.78, 5) is 4.94. The van der Waals surface area contributed by atoms with E-state index in [1.54, 1.807) is 0 Å². The second-order valence-electron chi connectivity index (χ2n) is 9.85. The topological polar surface area (TPSA) is 45.2 Å². The smallest absolute Gasteiger partial charge is 0.119 e. The fourth-order valence-corrected chi connectivity index (χ4v) is 4.81. The lowest BCUT2D eigenvalue weighted by Gasteiger charge is -2.27. The molecule has 2 aromatic rings. The fraction of sp³-hybridized carbons (Fsp3) is 0.571. The first-order valence-electron chi connectivity index (χ1n) is 12.7. The van der Waals surface area contributed by atoms with Gasteiger partial charge < -0.3 is 14.6 Å². The van der Waals surface area contributed by atoms with Crippen LogP contribution in [0.15, 0.2) is 48.5 Å². The zero-order valence-electron chi connectivity index (χ0n) is 20.2. The van der Waals surface area contributed by atoms with Crippen LogP contribution >= 0.6 is 0 Å². The molecule has 33 heavy (non-hydrogen) atoms. The summed E-state index contributed by atoms with van der Waals surface area (Å²) in [5.74, 6) is 1.78. The number of likely N-dealkylation sites (tertiary alicyclic amines) is 2. The Kier molecular flexibility index (Phi) is 8.65. The number of benzene rings is 2. The highest BCUT2D eigenvalue weighted by Gasteiger charge is 2.31. The molecule has 0 aromatic heterocycles. The molecule has 0 saturated carbocycles. The van der Waals surface area contributed by atoms with Gasteiger partial charge in [0, 0.05) is 19.6 Å². The fourth-order valence-electron chi connectivity index (χ4n) is 4.81. The van der Waals surface area contributed by atoms with Crippen molar-refractivity contribution < 1.29 is 14.6 Å². The molecule has 2 fully saturated rings. The van der Waals surface area contributed by atoms with E-state index in [0.29, 0.717) is 6.61 Å². The van der Waals surface area contributed by atoms with E-state index in [1.807, 2.05) is 24.3 Å². The number of ether oxygens (including phenoxy) is 2. The van der Waals surface area contributed by atoms with Crippen LogP contribution in [0.1, 0.15) is 49.7 Å². The van der Waals surface area contributed by atoms with Crippen LogP contribution < -0.4 is 9.47 Å². The van der Waals surface area contributed by atoms with Crippen LogP contribution in [0.5, 0.6) is 11.5 Å². The van der Waals surface area contributed by atoms with Gasteiger partial charge in [-0.05, 0) is 88.5 Å². The summed E-state index contributed by atoms with van der Waals surface area (Å²) in [6.07, 6.45) is 6.50. The van der Waals surface area contributed by atoms with Crippen molar-refractivity contribution in [3.05, 3.63) is 59.7 Å². The van der Waals surface area contributed by atoms with Gasteiger partial charge in [-0.25, -0.2) is 0 Å². The van der Waals surface area contributed by atoms with E-state index in [0.717, 1.165) is 63.5 Å². The Balaban J connectivity index is 1.19. The van der Waals surface area contributed by atoms with E-state index in [-0.39, 0.29) is 0 Å². The van der Waals surface area contributed by atoms with Gasteiger partial charge >= 0.3 is 0 Å². The number of hydrogen-bond acceptors (Lipinski definition) is 5. The van der Waals surface area contributed by atoms with Gasteiger partial charge in [0.05, 0.1) is 5.60 Å². The molecule has 0 bridgehead atoms. The van der Waals surface area contributed by atoms with E-state index in [2.05, 4.69) is 41.0 Å². The maximum Gasteiger partial charge on any atom is 0.119 e. The highest BCUT2D eigenvalue weighted by atomic mass is 16.5. The minimum absolute atomic E-state index is 0.355. The van der Waals surface area contributed by atoms with Crippen molar-refractivity contribution in [2.75, 3.05) is 45.9 Å². The summed E-state index contributed by atoms with van der Waals surface area (Å²) < 4.78 is 11.9. The second kappa shape index (κ2) is 11.9. The number of aliphatic hydroxyl groups is 1. The Morgan fingerprint density at radius 2 is 1.42 bits per heavy atom. The summed E-state index contributed by atoms with van der Waals surface area (Å²) in [6.45, 7) is 9.41. The van der Waals surface area contributed by atoms with Gasteiger partial charge in [0.15, 0.2) is 0 Å². The minimum atomic E-state index is -0.758. The molecule has 1 N–H and O–H groups in total.